The van der Waals surface area contributed by atoms with Gasteiger partial charge in [-0.15, -0.1) is 0 Å². The molecule has 0 atom stereocenters. The second kappa shape index (κ2) is 6.06. The number of benzene rings is 1. The number of carboxylic acids is 1. The van der Waals surface area contributed by atoms with Gasteiger partial charge in [-0.2, -0.15) is 0 Å². The van der Waals surface area contributed by atoms with Gasteiger partial charge in [-0.3, -0.25) is 4.79 Å². The van der Waals surface area contributed by atoms with Crippen LogP contribution in [0.3, 0.4) is 0 Å². The second-order valence-corrected chi connectivity index (χ2v) is 3.71. The number of hydrogen-bond acceptors (Lipinski definition) is 3. The van der Waals surface area contributed by atoms with Crippen molar-refractivity contribution in [1.82, 2.24) is 0 Å². The predicted molar refractivity (Wildman–Crippen MR) is 63.8 cm³/mol. The summed E-state index contributed by atoms with van der Waals surface area (Å²) in [6.45, 7) is 0. The van der Waals surface area contributed by atoms with E-state index in [4.69, 9.17) is 16.7 Å². The molecule has 0 spiro atoms. The van der Waals surface area contributed by atoms with Crippen LogP contribution in [0.15, 0.2) is 24.3 Å². The minimum Gasteiger partial charge on any atom is -0.481 e. The molecule has 0 aliphatic carbocycles. The first-order valence-corrected chi connectivity index (χ1v) is 5.17. The highest BCUT2D eigenvalue weighted by atomic mass is 35.5. The third-order valence-electron chi connectivity index (χ3n) is 2.05. The van der Waals surface area contributed by atoms with Crippen LogP contribution in [0, 0.1) is 0 Å². The van der Waals surface area contributed by atoms with Crippen LogP contribution in [0.1, 0.15) is 11.1 Å². The van der Waals surface area contributed by atoms with Gasteiger partial charge in [-0.05, 0) is 29.3 Å². The van der Waals surface area contributed by atoms with E-state index in [2.05, 4.69) is 4.74 Å². The van der Waals surface area contributed by atoms with E-state index in [1.54, 1.807) is 18.2 Å². The van der Waals surface area contributed by atoms with E-state index in [9.17, 15) is 9.59 Å². The van der Waals surface area contributed by atoms with Gasteiger partial charge in [0.1, 0.15) is 0 Å². The average Bonchev–Trinajstić information content (AvgIpc) is 2.26. The van der Waals surface area contributed by atoms with Crippen molar-refractivity contribution in [1.29, 1.82) is 0 Å². The number of halogens is 1. The summed E-state index contributed by atoms with van der Waals surface area (Å²) in [5, 5.41) is 9.20. The van der Waals surface area contributed by atoms with Crippen LogP contribution >= 0.6 is 11.6 Å². The van der Waals surface area contributed by atoms with E-state index in [1.807, 2.05) is 0 Å². The van der Waals surface area contributed by atoms with Crippen molar-refractivity contribution in [2.24, 2.45) is 0 Å². The van der Waals surface area contributed by atoms with Crippen LogP contribution in [0.5, 0.6) is 0 Å². The summed E-state index contributed by atoms with van der Waals surface area (Å²) in [6, 6.07) is 4.84. The molecule has 0 saturated heterocycles. The molecule has 0 aliphatic rings. The highest BCUT2D eigenvalue weighted by Gasteiger charge is 2.06. The Morgan fingerprint density at radius 3 is 2.76 bits per heavy atom. The molecule has 0 radical (unpaired) electrons. The Morgan fingerprint density at radius 1 is 1.47 bits per heavy atom. The molecule has 5 heteroatoms. The molecule has 17 heavy (non-hydrogen) atoms. The van der Waals surface area contributed by atoms with Crippen LogP contribution in [0.2, 0.25) is 5.02 Å². The van der Waals surface area contributed by atoms with Crippen molar-refractivity contribution in [2.45, 2.75) is 6.42 Å². The van der Waals surface area contributed by atoms with Crippen LogP contribution < -0.4 is 0 Å². The monoisotopic (exact) mass is 254 g/mol. The molecular formula is C12H11ClO4. The van der Waals surface area contributed by atoms with Gasteiger partial charge in [0.2, 0.25) is 0 Å². The zero-order chi connectivity index (χ0) is 12.8. The number of carbonyl (C=O) groups is 2. The number of esters is 1. The van der Waals surface area contributed by atoms with Crippen LogP contribution in [0.25, 0.3) is 6.08 Å². The highest BCUT2D eigenvalue weighted by molar-refractivity contribution is 6.30. The van der Waals surface area contributed by atoms with Crippen LogP contribution in [-0.4, -0.2) is 24.2 Å². The second-order valence-electron chi connectivity index (χ2n) is 3.27. The number of methoxy groups -OCH3 is 1. The lowest BCUT2D eigenvalue weighted by Crippen LogP contribution is -2.02. The Labute approximate surface area is 103 Å². The number of hydrogen-bond donors (Lipinski definition) is 1. The number of rotatable bonds is 4. The lowest BCUT2D eigenvalue weighted by atomic mass is 10.0. The Bertz CT molecular complexity index is 466. The summed E-state index contributed by atoms with van der Waals surface area (Å²) in [5.41, 5.74) is 1.17. The van der Waals surface area contributed by atoms with E-state index < -0.39 is 11.9 Å². The van der Waals surface area contributed by atoms with E-state index in [-0.39, 0.29) is 6.42 Å². The molecule has 0 unspecified atom stereocenters. The zero-order valence-corrected chi connectivity index (χ0v) is 9.90. The smallest absolute Gasteiger partial charge is 0.330 e. The summed E-state index contributed by atoms with van der Waals surface area (Å²) in [7, 11) is 1.27. The maximum Gasteiger partial charge on any atom is 0.330 e. The molecule has 4 nitrogen and oxygen atoms in total. The lowest BCUT2D eigenvalue weighted by Gasteiger charge is -2.03. The molecule has 1 aromatic carbocycles. The maximum absolute atomic E-state index is 10.9. The van der Waals surface area contributed by atoms with Gasteiger partial charge in [0.15, 0.2) is 0 Å². The average molecular weight is 255 g/mol. The van der Waals surface area contributed by atoms with Gasteiger partial charge >= 0.3 is 11.9 Å². The standard InChI is InChI=1S/C12H11ClO4/c1-17-12(16)5-3-8-2-4-10(13)6-9(8)7-11(14)15/h2-6H,7H2,1H3,(H,14,15). The third kappa shape index (κ3) is 4.28. The molecule has 0 fully saturated rings. The fourth-order valence-electron chi connectivity index (χ4n) is 1.28. The predicted octanol–water partition coefficient (Wildman–Crippen LogP) is 2.15. The minimum absolute atomic E-state index is 0.151. The number of aliphatic carboxylic acids is 1. The summed E-state index contributed by atoms with van der Waals surface area (Å²) in [6.07, 6.45) is 2.58. The van der Waals surface area contributed by atoms with Crippen molar-refractivity contribution in [3.05, 3.63) is 40.4 Å². The van der Waals surface area contributed by atoms with Gasteiger partial charge in [0.05, 0.1) is 13.5 Å². The topological polar surface area (TPSA) is 63.6 Å². The first-order valence-electron chi connectivity index (χ1n) is 4.79. The minimum atomic E-state index is -0.958. The van der Waals surface area contributed by atoms with E-state index in [0.29, 0.717) is 16.1 Å². The van der Waals surface area contributed by atoms with Crippen molar-refractivity contribution >= 4 is 29.6 Å². The van der Waals surface area contributed by atoms with Gasteiger partial charge in [-0.25, -0.2) is 4.79 Å². The molecular weight excluding hydrogens is 244 g/mol. The van der Waals surface area contributed by atoms with Crippen LogP contribution in [0.4, 0.5) is 0 Å². The van der Waals surface area contributed by atoms with Crippen molar-refractivity contribution in [3.63, 3.8) is 0 Å². The van der Waals surface area contributed by atoms with E-state index in [1.165, 1.54) is 19.3 Å². The first-order chi connectivity index (χ1) is 8.02. The van der Waals surface area contributed by atoms with Crippen molar-refractivity contribution in [2.75, 3.05) is 7.11 Å². The molecule has 0 saturated carbocycles. The first kappa shape index (κ1) is 13.3. The van der Waals surface area contributed by atoms with Gasteiger partial charge in [-0.1, -0.05) is 17.7 Å². The van der Waals surface area contributed by atoms with Gasteiger partial charge < -0.3 is 9.84 Å². The molecule has 1 aromatic rings. The lowest BCUT2D eigenvalue weighted by molar-refractivity contribution is -0.136. The molecule has 1 rings (SSSR count). The SMILES string of the molecule is COC(=O)C=Cc1ccc(Cl)cc1CC(=O)O. The van der Waals surface area contributed by atoms with E-state index in [0.717, 1.165) is 0 Å². The molecule has 0 amide bonds. The Kier molecular flexibility index (Phi) is 4.72. The summed E-state index contributed by atoms with van der Waals surface area (Å²) >= 11 is 5.78. The normalized spacial score (nSPS) is 10.5. The fourth-order valence-corrected chi connectivity index (χ4v) is 1.47. The highest BCUT2D eigenvalue weighted by Crippen LogP contribution is 2.18. The molecule has 0 heterocycles. The summed E-state index contributed by atoms with van der Waals surface area (Å²) in [5.74, 6) is -1.46. The number of carboxylic acid groups (broad SMARTS) is 1. The number of carbonyl (C=O) groups excluding carboxylic acids is 1. The molecule has 0 aromatic heterocycles. The number of ether oxygens (including phenoxy) is 1. The Balaban J connectivity index is 3.01. The molecule has 1 N–H and O–H groups in total. The molecule has 90 valence electrons. The Hall–Kier alpha value is -1.81. The summed E-state index contributed by atoms with van der Waals surface area (Å²) < 4.78 is 4.45. The van der Waals surface area contributed by atoms with Crippen molar-refractivity contribution < 1.29 is 19.4 Å². The zero-order valence-electron chi connectivity index (χ0n) is 9.14. The molecule has 0 bridgehead atoms. The van der Waals surface area contributed by atoms with Gasteiger partial charge in [0, 0.05) is 11.1 Å². The third-order valence-corrected chi connectivity index (χ3v) is 2.28. The largest absolute Gasteiger partial charge is 0.481 e. The van der Waals surface area contributed by atoms with Crippen LogP contribution in [-0.2, 0) is 20.7 Å². The quantitative estimate of drug-likeness (QED) is 0.661. The van der Waals surface area contributed by atoms with E-state index >= 15 is 0 Å². The maximum atomic E-state index is 10.9. The Morgan fingerprint density at radius 2 is 2.18 bits per heavy atom. The fraction of sp³-hybridized carbons (Fsp3) is 0.167. The molecule has 0 aliphatic heterocycles. The summed E-state index contributed by atoms with van der Waals surface area (Å²) in [4.78, 5) is 21.6. The van der Waals surface area contributed by atoms with Crippen molar-refractivity contribution in [3.8, 4) is 0 Å². The van der Waals surface area contributed by atoms with Gasteiger partial charge in [0.25, 0.3) is 0 Å².